The molecule has 3 nitrogen and oxygen atoms in total. The molecule has 0 aromatic heterocycles. The molecule has 0 radical (unpaired) electrons. The van der Waals surface area contributed by atoms with Crippen LogP contribution in [0.15, 0.2) is 24.3 Å². The highest BCUT2D eigenvalue weighted by Gasteiger charge is 2.51. The van der Waals surface area contributed by atoms with Crippen LogP contribution < -0.4 is 4.74 Å². The van der Waals surface area contributed by atoms with Crippen LogP contribution in [0.3, 0.4) is 0 Å². The summed E-state index contributed by atoms with van der Waals surface area (Å²) in [6, 6.07) is 10.3. The zero-order chi connectivity index (χ0) is 13.6. The predicted molar refractivity (Wildman–Crippen MR) is 76.7 cm³/mol. The molecule has 1 aromatic carbocycles. The third-order valence-electron chi connectivity index (χ3n) is 4.18. The smallest absolute Gasteiger partial charge is 0.122 e. The highest BCUT2D eigenvalue weighted by Crippen LogP contribution is 2.54. The van der Waals surface area contributed by atoms with Gasteiger partial charge in [-0.25, -0.2) is 0 Å². The molecular weight excluding hydrogens is 256 g/mol. The van der Waals surface area contributed by atoms with Gasteiger partial charge in [-0.15, -0.1) is 11.8 Å². The molecule has 1 saturated heterocycles. The van der Waals surface area contributed by atoms with Crippen LogP contribution >= 0.6 is 11.8 Å². The monoisotopic (exact) mass is 272 g/mol. The first-order chi connectivity index (χ1) is 9.04. The normalized spacial score (nSPS) is 31.6. The van der Waals surface area contributed by atoms with E-state index in [0.717, 1.165) is 11.3 Å². The Kier molecular flexibility index (Phi) is 2.83. The molecule has 3 rings (SSSR count). The molecule has 0 bridgehead atoms. The van der Waals surface area contributed by atoms with Gasteiger partial charge in [0.15, 0.2) is 0 Å². The van der Waals surface area contributed by atoms with E-state index in [4.69, 9.17) is 10.1 Å². The van der Waals surface area contributed by atoms with Crippen molar-refractivity contribution >= 4 is 16.8 Å². The summed E-state index contributed by atoms with van der Waals surface area (Å²) < 4.78 is 5.80. The Morgan fingerprint density at radius 1 is 1.42 bits per heavy atom. The van der Waals surface area contributed by atoms with E-state index in [1.165, 1.54) is 11.8 Å². The van der Waals surface area contributed by atoms with E-state index < -0.39 is 0 Å². The highest BCUT2D eigenvalue weighted by molar-refractivity contribution is 8.15. The van der Waals surface area contributed by atoms with Crippen molar-refractivity contribution < 1.29 is 4.74 Å². The second kappa shape index (κ2) is 4.28. The van der Waals surface area contributed by atoms with Gasteiger partial charge in [-0.05, 0) is 25.5 Å². The van der Waals surface area contributed by atoms with Gasteiger partial charge in [-0.2, -0.15) is 5.26 Å². The van der Waals surface area contributed by atoms with Crippen molar-refractivity contribution in [3.05, 3.63) is 29.8 Å². The van der Waals surface area contributed by atoms with Gasteiger partial charge in [0.1, 0.15) is 11.7 Å². The van der Waals surface area contributed by atoms with Gasteiger partial charge in [0.05, 0.1) is 17.7 Å². The van der Waals surface area contributed by atoms with Gasteiger partial charge in [-0.1, -0.05) is 18.2 Å². The van der Waals surface area contributed by atoms with Gasteiger partial charge in [0.25, 0.3) is 0 Å². The number of ether oxygens (including phenoxy) is 1. The van der Waals surface area contributed by atoms with Gasteiger partial charge in [0.2, 0.25) is 0 Å². The summed E-state index contributed by atoms with van der Waals surface area (Å²) in [4.78, 5) is 0. The average Bonchev–Trinajstić information content (AvgIpc) is 2.38. The number of hydrogen-bond donors (Lipinski definition) is 1. The van der Waals surface area contributed by atoms with E-state index >= 15 is 0 Å². The number of para-hydroxylation sites is 1. The number of nitriles is 1. The minimum absolute atomic E-state index is 0.0668. The second-order valence-electron chi connectivity index (χ2n) is 5.66. The lowest BCUT2D eigenvalue weighted by Gasteiger charge is -2.48. The number of fused-ring (bicyclic) bond motifs is 3. The van der Waals surface area contributed by atoms with Crippen molar-refractivity contribution in [2.24, 2.45) is 11.8 Å². The molecule has 19 heavy (non-hydrogen) atoms. The standard InChI is InChI=1S/C15H16N2OS/c1-15(2)11-8-18-12-6-4-3-5-9(12)13(11)10(7-16)14(17)19-15/h3-6,10-11,13,17H,8H2,1-2H3/t10-,11-,13-/m1/s1. The maximum Gasteiger partial charge on any atom is 0.122 e. The molecule has 98 valence electrons. The van der Waals surface area contributed by atoms with Crippen LogP contribution in [0.25, 0.3) is 0 Å². The van der Waals surface area contributed by atoms with Crippen LogP contribution in [-0.4, -0.2) is 16.4 Å². The quantitative estimate of drug-likeness (QED) is 0.787. The maximum atomic E-state index is 9.45. The molecule has 0 unspecified atom stereocenters. The van der Waals surface area contributed by atoms with Crippen LogP contribution in [0.4, 0.5) is 0 Å². The van der Waals surface area contributed by atoms with E-state index in [1.807, 2.05) is 24.3 Å². The summed E-state index contributed by atoms with van der Waals surface area (Å²) in [6.07, 6.45) is 0. The van der Waals surface area contributed by atoms with Gasteiger partial charge in [-0.3, -0.25) is 5.41 Å². The fraction of sp³-hybridized carbons (Fsp3) is 0.467. The minimum atomic E-state index is -0.340. The fourth-order valence-corrected chi connectivity index (χ4v) is 4.42. The van der Waals surface area contributed by atoms with Crippen LogP contribution in [0.1, 0.15) is 25.3 Å². The number of rotatable bonds is 0. The Hall–Kier alpha value is -1.47. The maximum absolute atomic E-state index is 9.45. The number of nitrogens with zero attached hydrogens (tertiary/aromatic N) is 1. The Balaban J connectivity index is 2.14. The summed E-state index contributed by atoms with van der Waals surface area (Å²) in [7, 11) is 0. The lowest BCUT2D eigenvalue weighted by Crippen LogP contribution is -2.48. The molecule has 1 aromatic rings. The molecule has 2 heterocycles. The van der Waals surface area contributed by atoms with Gasteiger partial charge in [0, 0.05) is 16.6 Å². The van der Waals surface area contributed by atoms with E-state index in [2.05, 4.69) is 19.9 Å². The fourth-order valence-electron chi connectivity index (χ4n) is 3.16. The molecule has 0 aliphatic carbocycles. The van der Waals surface area contributed by atoms with Crippen LogP contribution in [0.5, 0.6) is 5.75 Å². The molecule has 2 aliphatic rings. The van der Waals surface area contributed by atoms with Crippen molar-refractivity contribution in [1.29, 1.82) is 10.7 Å². The third kappa shape index (κ3) is 1.84. The molecule has 0 saturated carbocycles. The Labute approximate surface area is 117 Å². The first-order valence-corrected chi connectivity index (χ1v) is 7.25. The summed E-state index contributed by atoms with van der Waals surface area (Å²) >= 11 is 1.52. The molecule has 4 heteroatoms. The first-order valence-electron chi connectivity index (χ1n) is 6.43. The van der Waals surface area contributed by atoms with Crippen LogP contribution in [0.2, 0.25) is 0 Å². The Bertz CT molecular complexity index is 576. The molecular formula is C15H16N2OS. The highest BCUT2D eigenvalue weighted by atomic mass is 32.2. The summed E-state index contributed by atoms with van der Waals surface area (Å²) in [6.45, 7) is 4.93. The summed E-state index contributed by atoms with van der Waals surface area (Å²) in [5.41, 5.74) is 1.09. The molecule has 0 spiro atoms. The zero-order valence-electron chi connectivity index (χ0n) is 11.0. The van der Waals surface area contributed by atoms with Crippen molar-refractivity contribution in [2.75, 3.05) is 6.61 Å². The van der Waals surface area contributed by atoms with Crippen molar-refractivity contribution in [2.45, 2.75) is 24.5 Å². The molecule has 1 fully saturated rings. The predicted octanol–water partition coefficient (Wildman–Crippen LogP) is 3.42. The number of benzene rings is 1. The van der Waals surface area contributed by atoms with Crippen molar-refractivity contribution in [1.82, 2.24) is 0 Å². The number of nitrogens with one attached hydrogen (secondary N) is 1. The lowest BCUT2D eigenvalue weighted by atomic mass is 9.71. The van der Waals surface area contributed by atoms with E-state index in [0.29, 0.717) is 11.7 Å². The van der Waals surface area contributed by atoms with Crippen LogP contribution in [0, 0.1) is 28.6 Å². The summed E-state index contributed by atoms with van der Waals surface area (Å²) in [5, 5.41) is 18.1. The number of hydrogen-bond acceptors (Lipinski definition) is 4. The SMILES string of the molecule is CC1(C)SC(=N)[C@H](C#N)[C@H]2c3ccccc3OC[C@H]21. The Morgan fingerprint density at radius 2 is 2.16 bits per heavy atom. The zero-order valence-corrected chi connectivity index (χ0v) is 11.8. The average molecular weight is 272 g/mol. The Morgan fingerprint density at radius 3 is 2.89 bits per heavy atom. The second-order valence-corrected chi connectivity index (χ2v) is 7.35. The van der Waals surface area contributed by atoms with Gasteiger partial charge < -0.3 is 4.74 Å². The largest absolute Gasteiger partial charge is 0.493 e. The third-order valence-corrected chi connectivity index (χ3v) is 5.48. The minimum Gasteiger partial charge on any atom is -0.493 e. The molecule has 3 atom stereocenters. The first kappa shape index (κ1) is 12.6. The summed E-state index contributed by atoms with van der Waals surface area (Å²) in [5.74, 6) is 0.887. The lowest BCUT2D eigenvalue weighted by molar-refractivity contribution is 0.158. The van der Waals surface area contributed by atoms with Gasteiger partial charge >= 0.3 is 0 Å². The molecule has 1 N–H and O–H groups in total. The topological polar surface area (TPSA) is 56.9 Å². The molecule has 2 aliphatic heterocycles. The van der Waals surface area contributed by atoms with E-state index in [-0.39, 0.29) is 22.5 Å². The number of thioether (sulfide) groups is 1. The van der Waals surface area contributed by atoms with Crippen molar-refractivity contribution in [3.63, 3.8) is 0 Å². The van der Waals surface area contributed by atoms with Crippen LogP contribution in [-0.2, 0) is 0 Å². The molecule has 0 amide bonds. The van der Waals surface area contributed by atoms with E-state index in [9.17, 15) is 5.26 Å². The van der Waals surface area contributed by atoms with E-state index in [1.54, 1.807) is 0 Å². The van der Waals surface area contributed by atoms with Crippen molar-refractivity contribution in [3.8, 4) is 11.8 Å².